The number of carbonyl (C=O) groups is 1. The summed E-state index contributed by atoms with van der Waals surface area (Å²) >= 11 is 5.90. The van der Waals surface area contributed by atoms with E-state index in [1.54, 1.807) is 12.1 Å². The van der Waals surface area contributed by atoms with Gasteiger partial charge in [0.15, 0.2) is 5.69 Å². The van der Waals surface area contributed by atoms with Gasteiger partial charge in [0.25, 0.3) is 5.56 Å². The highest BCUT2D eigenvalue weighted by molar-refractivity contribution is 6.29. The number of rotatable bonds is 4. The highest BCUT2D eigenvalue weighted by Gasteiger charge is 2.47. The number of benzene rings is 1. The zero-order chi connectivity index (χ0) is 23.5. The van der Waals surface area contributed by atoms with Crippen molar-refractivity contribution < 1.29 is 14.6 Å². The highest BCUT2D eigenvalue weighted by atomic mass is 35.5. The van der Waals surface area contributed by atoms with Gasteiger partial charge in [0, 0.05) is 18.2 Å². The van der Waals surface area contributed by atoms with Gasteiger partial charge in [0.05, 0.1) is 34.7 Å². The molecule has 2 N–H and O–H groups in total. The van der Waals surface area contributed by atoms with E-state index >= 15 is 0 Å². The van der Waals surface area contributed by atoms with Crippen LogP contribution in [0.5, 0.6) is 0 Å². The number of ether oxygens (including phenoxy) is 1. The Kier molecular flexibility index (Phi) is 5.17. The maximum atomic E-state index is 13.6. The van der Waals surface area contributed by atoms with Crippen molar-refractivity contribution in [3.8, 4) is 0 Å². The maximum Gasteiger partial charge on any atom is 0.356 e. The van der Waals surface area contributed by atoms with Crippen molar-refractivity contribution in [1.82, 2.24) is 14.5 Å². The Balaban J connectivity index is 1.66. The quantitative estimate of drug-likeness (QED) is 0.551. The van der Waals surface area contributed by atoms with Crippen LogP contribution in [0.4, 0.5) is 5.69 Å². The summed E-state index contributed by atoms with van der Waals surface area (Å²) < 4.78 is 7.56. The molecule has 0 bridgehead atoms. The first-order valence-corrected chi connectivity index (χ1v) is 11.4. The number of nitrogens with one attached hydrogen (secondary N) is 1. The van der Waals surface area contributed by atoms with E-state index in [2.05, 4.69) is 17.2 Å². The lowest BCUT2D eigenvalue weighted by Crippen LogP contribution is -2.29. The summed E-state index contributed by atoms with van der Waals surface area (Å²) in [7, 11) is 0. The fraction of sp³-hybridized carbons (Fsp3) is 0.417. The molecule has 3 atom stereocenters. The summed E-state index contributed by atoms with van der Waals surface area (Å²) in [6.07, 6.45) is 1.69. The standard InChI is InChI=1S/C24H25ClN4O4/c1-12-8-15(14(3)26-17-4-5-18(25)27-20(17)22(31)32)19-16(9-12)21(30)29-13(2)10-24(23(29)28-19)6-7-33-11-24/h4-5,8-9,13-14,26H,6-7,10-11H2,1-3H3,(H,31,32)/t13-,14+,24+/m0/s1. The van der Waals surface area contributed by atoms with Gasteiger partial charge in [-0.15, -0.1) is 0 Å². The SMILES string of the molecule is Cc1cc([C@@H](C)Nc2ccc(Cl)nc2C(=O)O)c2nc3n(c(=O)c2c1)[C@@H](C)C[C@@]31CCOC1. The molecule has 0 amide bonds. The van der Waals surface area contributed by atoms with Crippen LogP contribution < -0.4 is 10.9 Å². The van der Waals surface area contributed by atoms with Crippen molar-refractivity contribution in [2.24, 2.45) is 0 Å². The first kappa shape index (κ1) is 21.9. The summed E-state index contributed by atoms with van der Waals surface area (Å²) in [5.41, 5.74) is 2.31. The zero-order valence-corrected chi connectivity index (χ0v) is 19.4. The Bertz CT molecular complexity index is 1350. The zero-order valence-electron chi connectivity index (χ0n) is 18.7. The third kappa shape index (κ3) is 3.48. The Morgan fingerprint density at radius 3 is 2.85 bits per heavy atom. The molecule has 0 aliphatic carbocycles. The number of hydrogen-bond donors (Lipinski definition) is 2. The van der Waals surface area contributed by atoms with Crippen molar-refractivity contribution in [3.05, 3.63) is 62.4 Å². The molecule has 8 nitrogen and oxygen atoms in total. The normalized spacial score (nSPS) is 22.6. The lowest BCUT2D eigenvalue weighted by Gasteiger charge is -2.22. The second-order valence-electron chi connectivity index (χ2n) is 9.20. The molecule has 4 heterocycles. The van der Waals surface area contributed by atoms with Gasteiger partial charge in [-0.3, -0.25) is 9.36 Å². The molecule has 0 radical (unpaired) electrons. The minimum absolute atomic E-state index is 0.0391. The Labute approximate surface area is 195 Å². The Morgan fingerprint density at radius 1 is 1.36 bits per heavy atom. The Hall–Kier alpha value is -2.97. The van der Waals surface area contributed by atoms with Gasteiger partial charge in [-0.1, -0.05) is 17.7 Å². The molecular weight excluding hydrogens is 444 g/mol. The highest BCUT2D eigenvalue weighted by Crippen LogP contribution is 2.45. The van der Waals surface area contributed by atoms with Crippen LogP contribution in [0.2, 0.25) is 5.15 Å². The molecule has 3 aromatic rings. The molecular formula is C24H25ClN4O4. The van der Waals surface area contributed by atoms with E-state index in [1.807, 2.05) is 30.5 Å². The molecule has 5 rings (SSSR count). The molecule has 0 unspecified atom stereocenters. The lowest BCUT2D eigenvalue weighted by atomic mass is 9.83. The molecule has 2 aliphatic heterocycles. The number of hydrogen-bond acceptors (Lipinski definition) is 6. The van der Waals surface area contributed by atoms with E-state index in [9.17, 15) is 14.7 Å². The molecule has 9 heteroatoms. The number of halogens is 1. The van der Waals surface area contributed by atoms with E-state index in [4.69, 9.17) is 21.3 Å². The summed E-state index contributed by atoms with van der Waals surface area (Å²) in [6, 6.07) is 6.73. The lowest BCUT2D eigenvalue weighted by molar-refractivity contribution is 0.0691. The molecule has 33 heavy (non-hydrogen) atoms. The minimum atomic E-state index is -1.17. The van der Waals surface area contributed by atoms with Crippen LogP contribution in [-0.2, 0) is 10.2 Å². The van der Waals surface area contributed by atoms with Crippen LogP contribution in [0.3, 0.4) is 0 Å². The molecule has 172 valence electrons. The van der Waals surface area contributed by atoms with Crippen molar-refractivity contribution in [3.63, 3.8) is 0 Å². The fourth-order valence-corrected chi connectivity index (χ4v) is 5.46. The van der Waals surface area contributed by atoms with Crippen LogP contribution in [0, 0.1) is 6.92 Å². The summed E-state index contributed by atoms with van der Waals surface area (Å²) in [5.74, 6) is -0.380. The van der Waals surface area contributed by atoms with Gasteiger partial charge < -0.3 is 15.2 Å². The van der Waals surface area contributed by atoms with Gasteiger partial charge in [-0.2, -0.15) is 0 Å². The van der Waals surface area contributed by atoms with Crippen molar-refractivity contribution in [2.45, 2.75) is 51.1 Å². The van der Waals surface area contributed by atoms with Crippen LogP contribution >= 0.6 is 11.6 Å². The summed E-state index contributed by atoms with van der Waals surface area (Å²) in [5, 5.41) is 13.5. The second kappa shape index (κ2) is 7.81. The van der Waals surface area contributed by atoms with E-state index in [0.717, 1.165) is 29.8 Å². The number of aromatic carboxylic acids is 1. The number of anilines is 1. The van der Waals surface area contributed by atoms with Crippen LogP contribution in [0.15, 0.2) is 29.1 Å². The van der Waals surface area contributed by atoms with E-state index < -0.39 is 5.97 Å². The summed E-state index contributed by atoms with van der Waals surface area (Å²) in [4.78, 5) is 34.3. The number of carboxylic acids is 1. The first-order chi connectivity index (χ1) is 15.7. The van der Waals surface area contributed by atoms with E-state index in [-0.39, 0.29) is 33.9 Å². The molecule has 2 aromatic heterocycles. The van der Waals surface area contributed by atoms with Gasteiger partial charge >= 0.3 is 5.97 Å². The number of aryl methyl sites for hydroxylation is 1. The average molecular weight is 469 g/mol. The smallest absolute Gasteiger partial charge is 0.356 e. The van der Waals surface area contributed by atoms with Crippen molar-refractivity contribution >= 4 is 34.2 Å². The largest absolute Gasteiger partial charge is 0.476 e. The third-order valence-corrected chi connectivity index (χ3v) is 7.00. The maximum absolute atomic E-state index is 13.6. The number of pyridine rings is 1. The monoisotopic (exact) mass is 468 g/mol. The summed E-state index contributed by atoms with van der Waals surface area (Å²) in [6.45, 7) is 7.16. The number of fused-ring (bicyclic) bond motifs is 3. The molecule has 1 spiro atoms. The molecule has 0 saturated carbocycles. The average Bonchev–Trinajstić information content (AvgIpc) is 3.34. The van der Waals surface area contributed by atoms with Gasteiger partial charge in [0.1, 0.15) is 11.0 Å². The number of nitrogens with zero attached hydrogens (tertiary/aromatic N) is 3. The third-order valence-electron chi connectivity index (χ3n) is 6.79. The van der Waals surface area contributed by atoms with Crippen LogP contribution in [0.1, 0.15) is 66.2 Å². The second-order valence-corrected chi connectivity index (χ2v) is 9.59. The molecule has 1 aromatic carbocycles. The predicted octanol–water partition coefficient (Wildman–Crippen LogP) is 4.25. The van der Waals surface area contributed by atoms with Crippen molar-refractivity contribution in [2.75, 3.05) is 18.5 Å². The molecule has 1 fully saturated rings. The minimum Gasteiger partial charge on any atom is -0.476 e. The fourth-order valence-electron chi connectivity index (χ4n) is 5.31. The van der Waals surface area contributed by atoms with Crippen LogP contribution in [0.25, 0.3) is 10.9 Å². The van der Waals surface area contributed by atoms with Gasteiger partial charge in [-0.25, -0.2) is 14.8 Å². The van der Waals surface area contributed by atoms with Crippen LogP contribution in [-0.4, -0.2) is 38.8 Å². The van der Waals surface area contributed by atoms with Gasteiger partial charge in [0.2, 0.25) is 0 Å². The topological polar surface area (TPSA) is 106 Å². The van der Waals surface area contributed by atoms with E-state index in [0.29, 0.717) is 29.8 Å². The number of aromatic nitrogens is 3. The van der Waals surface area contributed by atoms with Crippen molar-refractivity contribution in [1.29, 1.82) is 0 Å². The number of carboxylic acid groups (broad SMARTS) is 1. The Morgan fingerprint density at radius 2 is 2.15 bits per heavy atom. The van der Waals surface area contributed by atoms with Gasteiger partial charge in [-0.05, 0) is 57.4 Å². The first-order valence-electron chi connectivity index (χ1n) is 11.0. The van der Waals surface area contributed by atoms with E-state index in [1.165, 1.54) is 0 Å². The molecule has 2 aliphatic rings. The molecule has 1 saturated heterocycles. The predicted molar refractivity (Wildman–Crippen MR) is 125 cm³/mol.